The Bertz CT molecular complexity index is 451. The number of hydrogen-bond donors (Lipinski definition) is 1. The summed E-state index contributed by atoms with van der Waals surface area (Å²) in [7, 11) is 1.67. The maximum absolute atomic E-state index is 13.8. The quantitative estimate of drug-likeness (QED) is 0.812. The molecule has 1 saturated carbocycles. The van der Waals surface area contributed by atoms with Gasteiger partial charge in [0.2, 0.25) is 0 Å². The maximum Gasteiger partial charge on any atom is 0.139 e. The number of rotatable bonds is 6. The number of halogens is 2. The van der Waals surface area contributed by atoms with E-state index >= 15 is 0 Å². The van der Waals surface area contributed by atoms with Gasteiger partial charge in [-0.05, 0) is 47.7 Å². The first kappa shape index (κ1) is 14.6. The molecule has 1 unspecified atom stereocenters. The Balaban J connectivity index is 2.28. The monoisotopic (exact) mass is 330 g/mol. The van der Waals surface area contributed by atoms with Crippen LogP contribution in [-0.4, -0.2) is 26.3 Å². The molecule has 106 valence electrons. The standard InChI is InChI=1S/C14H20BrFN2O/c1-9(10-3-4-10)18(5-6-19-2)14-8-12(16)11(15)7-13(14)17/h7-10H,3-6,17H2,1-2H3. The molecule has 1 aromatic rings. The topological polar surface area (TPSA) is 38.5 Å². The molecule has 1 aliphatic carbocycles. The van der Waals surface area contributed by atoms with Gasteiger partial charge in [0.05, 0.1) is 22.5 Å². The highest BCUT2D eigenvalue weighted by molar-refractivity contribution is 9.10. The Hall–Kier alpha value is -0.810. The minimum atomic E-state index is -0.283. The van der Waals surface area contributed by atoms with Gasteiger partial charge in [0.25, 0.3) is 0 Å². The van der Waals surface area contributed by atoms with E-state index in [0.717, 1.165) is 12.2 Å². The second-order valence-electron chi connectivity index (χ2n) is 5.09. The summed E-state index contributed by atoms with van der Waals surface area (Å²) in [6, 6.07) is 3.50. The summed E-state index contributed by atoms with van der Waals surface area (Å²) in [6.45, 7) is 3.50. The van der Waals surface area contributed by atoms with Gasteiger partial charge in [-0.1, -0.05) is 0 Å². The number of hydrogen-bond acceptors (Lipinski definition) is 3. The molecule has 0 amide bonds. The summed E-state index contributed by atoms with van der Waals surface area (Å²) in [6.07, 6.45) is 2.48. The first-order chi connectivity index (χ1) is 9.04. The van der Waals surface area contributed by atoms with Crippen molar-refractivity contribution < 1.29 is 9.13 Å². The molecular formula is C14H20BrFN2O. The van der Waals surface area contributed by atoms with Crippen LogP contribution >= 0.6 is 15.9 Å². The van der Waals surface area contributed by atoms with E-state index < -0.39 is 0 Å². The molecule has 1 aromatic carbocycles. The largest absolute Gasteiger partial charge is 0.397 e. The molecule has 19 heavy (non-hydrogen) atoms. The summed E-state index contributed by atoms with van der Waals surface area (Å²) >= 11 is 3.16. The summed E-state index contributed by atoms with van der Waals surface area (Å²) < 4.78 is 19.3. The van der Waals surface area contributed by atoms with E-state index in [1.807, 2.05) is 0 Å². The Morgan fingerprint density at radius 3 is 2.79 bits per heavy atom. The fourth-order valence-electron chi connectivity index (χ4n) is 2.37. The van der Waals surface area contributed by atoms with Gasteiger partial charge < -0.3 is 15.4 Å². The predicted octanol–water partition coefficient (Wildman–Crippen LogP) is 3.42. The highest BCUT2D eigenvalue weighted by Crippen LogP contribution is 2.39. The van der Waals surface area contributed by atoms with Crippen LogP contribution in [0.1, 0.15) is 19.8 Å². The molecule has 2 N–H and O–H groups in total. The van der Waals surface area contributed by atoms with Gasteiger partial charge in [0, 0.05) is 25.8 Å². The van der Waals surface area contributed by atoms with E-state index in [1.165, 1.54) is 18.9 Å². The van der Waals surface area contributed by atoms with E-state index in [-0.39, 0.29) is 5.82 Å². The summed E-state index contributed by atoms with van der Waals surface area (Å²) in [5, 5.41) is 0. The Morgan fingerprint density at radius 2 is 2.21 bits per heavy atom. The van der Waals surface area contributed by atoms with Gasteiger partial charge in [-0.15, -0.1) is 0 Å². The van der Waals surface area contributed by atoms with Crippen molar-refractivity contribution in [2.75, 3.05) is 30.9 Å². The zero-order valence-electron chi connectivity index (χ0n) is 11.3. The summed E-state index contributed by atoms with van der Waals surface area (Å²) in [5.41, 5.74) is 7.40. The van der Waals surface area contributed by atoms with Crippen molar-refractivity contribution >= 4 is 27.3 Å². The zero-order chi connectivity index (χ0) is 14.0. The average Bonchev–Trinajstić information content (AvgIpc) is 3.19. The van der Waals surface area contributed by atoms with E-state index in [0.29, 0.717) is 28.7 Å². The molecule has 5 heteroatoms. The molecule has 1 aliphatic rings. The molecule has 3 nitrogen and oxygen atoms in total. The zero-order valence-corrected chi connectivity index (χ0v) is 12.9. The molecule has 0 aromatic heterocycles. The van der Waals surface area contributed by atoms with Gasteiger partial charge in [-0.25, -0.2) is 4.39 Å². The molecule has 1 fully saturated rings. The number of nitrogens with two attached hydrogens (primary N) is 1. The van der Waals surface area contributed by atoms with Gasteiger partial charge in [0.1, 0.15) is 5.82 Å². The first-order valence-corrected chi connectivity index (χ1v) is 7.34. The Morgan fingerprint density at radius 1 is 1.53 bits per heavy atom. The fraction of sp³-hybridized carbons (Fsp3) is 0.571. The van der Waals surface area contributed by atoms with Crippen molar-refractivity contribution in [3.05, 3.63) is 22.4 Å². The number of nitrogen functional groups attached to an aromatic ring is 1. The molecule has 0 aliphatic heterocycles. The molecule has 2 rings (SSSR count). The van der Waals surface area contributed by atoms with Crippen molar-refractivity contribution in [3.63, 3.8) is 0 Å². The van der Waals surface area contributed by atoms with Crippen LogP contribution in [0.4, 0.5) is 15.8 Å². The highest BCUT2D eigenvalue weighted by atomic mass is 79.9. The lowest BCUT2D eigenvalue weighted by Gasteiger charge is -2.32. The molecule has 1 atom stereocenters. The van der Waals surface area contributed by atoms with E-state index in [4.69, 9.17) is 10.5 Å². The number of benzene rings is 1. The molecule has 0 radical (unpaired) electrons. The highest BCUT2D eigenvalue weighted by Gasteiger charge is 2.32. The number of methoxy groups -OCH3 is 1. The lowest BCUT2D eigenvalue weighted by molar-refractivity contribution is 0.202. The molecule has 0 saturated heterocycles. The van der Waals surface area contributed by atoms with E-state index in [2.05, 4.69) is 27.8 Å². The van der Waals surface area contributed by atoms with Gasteiger partial charge in [-0.2, -0.15) is 0 Å². The third-order valence-electron chi connectivity index (χ3n) is 3.71. The minimum absolute atomic E-state index is 0.283. The van der Waals surface area contributed by atoms with Crippen LogP contribution in [0.5, 0.6) is 0 Å². The second-order valence-corrected chi connectivity index (χ2v) is 5.94. The molecule has 0 spiro atoms. The molecule has 0 bridgehead atoms. The van der Waals surface area contributed by atoms with Crippen molar-refractivity contribution in [3.8, 4) is 0 Å². The van der Waals surface area contributed by atoms with E-state index in [9.17, 15) is 4.39 Å². The van der Waals surface area contributed by atoms with Crippen LogP contribution in [0.25, 0.3) is 0 Å². The lowest BCUT2D eigenvalue weighted by Crippen LogP contribution is -2.37. The summed E-state index contributed by atoms with van der Waals surface area (Å²) in [4.78, 5) is 2.16. The van der Waals surface area contributed by atoms with Gasteiger partial charge in [0.15, 0.2) is 0 Å². The normalized spacial score (nSPS) is 16.4. The summed E-state index contributed by atoms with van der Waals surface area (Å²) in [5.74, 6) is 0.401. The van der Waals surface area contributed by atoms with Crippen molar-refractivity contribution in [2.45, 2.75) is 25.8 Å². The van der Waals surface area contributed by atoms with Crippen LogP contribution in [0, 0.1) is 11.7 Å². The number of ether oxygens (including phenoxy) is 1. The third-order valence-corrected chi connectivity index (χ3v) is 4.32. The maximum atomic E-state index is 13.8. The average molecular weight is 331 g/mol. The van der Waals surface area contributed by atoms with Crippen molar-refractivity contribution in [1.29, 1.82) is 0 Å². The van der Waals surface area contributed by atoms with Crippen LogP contribution in [0.2, 0.25) is 0 Å². The van der Waals surface area contributed by atoms with Crippen LogP contribution < -0.4 is 10.6 Å². The minimum Gasteiger partial charge on any atom is -0.397 e. The molecular weight excluding hydrogens is 311 g/mol. The fourth-order valence-corrected chi connectivity index (χ4v) is 2.73. The lowest BCUT2D eigenvalue weighted by atomic mass is 10.1. The number of anilines is 2. The Labute approximate surface area is 122 Å². The Kier molecular flexibility index (Phi) is 4.68. The molecule has 0 heterocycles. The second kappa shape index (κ2) is 6.09. The van der Waals surface area contributed by atoms with Crippen molar-refractivity contribution in [2.24, 2.45) is 5.92 Å². The first-order valence-electron chi connectivity index (χ1n) is 6.54. The number of nitrogens with zero attached hydrogens (tertiary/aromatic N) is 1. The van der Waals surface area contributed by atoms with Crippen LogP contribution in [0.3, 0.4) is 0 Å². The smallest absolute Gasteiger partial charge is 0.139 e. The predicted molar refractivity (Wildman–Crippen MR) is 79.9 cm³/mol. The van der Waals surface area contributed by atoms with Crippen LogP contribution in [0.15, 0.2) is 16.6 Å². The SMILES string of the molecule is COCCN(c1cc(F)c(Br)cc1N)C(C)C1CC1. The van der Waals surface area contributed by atoms with Crippen molar-refractivity contribution in [1.82, 2.24) is 0 Å². The third kappa shape index (κ3) is 3.39. The van der Waals surface area contributed by atoms with E-state index in [1.54, 1.807) is 13.2 Å². The van der Waals surface area contributed by atoms with Crippen LogP contribution in [-0.2, 0) is 4.74 Å². The van der Waals surface area contributed by atoms with Gasteiger partial charge >= 0.3 is 0 Å². The van der Waals surface area contributed by atoms with Gasteiger partial charge in [-0.3, -0.25) is 0 Å².